The van der Waals surface area contributed by atoms with Crippen LogP contribution in [0.4, 0.5) is 0 Å². The van der Waals surface area contributed by atoms with Gasteiger partial charge in [-0.25, -0.2) is 19.9 Å². The Bertz CT molecular complexity index is 2620. The number of benzene rings is 6. The minimum atomic E-state index is 0.807. The van der Waals surface area contributed by atoms with Crippen molar-refractivity contribution < 1.29 is 0 Å². The summed E-state index contributed by atoms with van der Waals surface area (Å²) in [5.41, 5.74) is 11.7. The molecule has 0 amide bonds. The van der Waals surface area contributed by atoms with Crippen LogP contribution in [-0.2, 0) is 0 Å². The first-order valence-electron chi connectivity index (χ1n) is 14.4. The summed E-state index contributed by atoms with van der Waals surface area (Å²) < 4.78 is 2.29. The molecule has 43 heavy (non-hydrogen) atoms. The van der Waals surface area contributed by atoms with E-state index in [2.05, 4.69) is 77.4 Å². The van der Waals surface area contributed by atoms with Crippen LogP contribution in [0, 0.1) is 0 Å². The molecule has 5 nitrogen and oxygen atoms in total. The van der Waals surface area contributed by atoms with Crippen LogP contribution in [0.1, 0.15) is 0 Å². The zero-order valence-corrected chi connectivity index (χ0v) is 22.9. The molecule has 1 aliphatic rings. The van der Waals surface area contributed by atoms with Gasteiger partial charge in [0.15, 0.2) is 5.82 Å². The highest BCUT2D eigenvalue weighted by molar-refractivity contribution is 6.29. The van der Waals surface area contributed by atoms with Gasteiger partial charge in [-0.05, 0) is 41.8 Å². The Kier molecular flexibility index (Phi) is 4.39. The van der Waals surface area contributed by atoms with Crippen LogP contribution in [0.15, 0.2) is 127 Å². The zero-order chi connectivity index (χ0) is 28.1. The number of fused-ring (bicyclic) bond motifs is 9. The number of hydrogen-bond donors (Lipinski definition) is 0. The fraction of sp³-hybridized carbons (Fsp3) is 0. The molecule has 1 aliphatic carbocycles. The Morgan fingerprint density at radius 1 is 0.395 bits per heavy atom. The molecule has 3 aromatic heterocycles. The van der Waals surface area contributed by atoms with Crippen molar-refractivity contribution in [3.05, 3.63) is 127 Å². The molecule has 0 bridgehead atoms. The van der Waals surface area contributed by atoms with Gasteiger partial charge in [0.1, 0.15) is 5.69 Å². The van der Waals surface area contributed by atoms with Gasteiger partial charge in [0.05, 0.1) is 44.5 Å². The number of aromatic nitrogens is 5. The van der Waals surface area contributed by atoms with Crippen LogP contribution in [-0.4, -0.2) is 24.5 Å². The first kappa shape index (κ1) is 22.7. The lowest BCUT2D eigenvalue weighted by Gasteiger charge is -2.14. The van der Waals surface area contributed by atoms with E-state index in [4.69, 9.17) is 19.9 Å². The van der Waals surface area contributed by atoms with Crippen molar-refractivity contribution in [2.24, 2.45) is 0 Å². The van der Waals surface area contributed by atoms with Crippen molar-refractivity contribution in [3.8, 4) is 39.6 Å². The van der Waals surface area contributed by atoms with Crippen LogP contribution in [0.5, 0.6) is 0 Å². The van der Waals surface area contributed by atoms with Gasteiger partial charge in [0.25, 0.3) is 0 Å². The molecular weight excluding hydrogens is 526 g/mol. The van der Waals surface area contributed by atoms with Crippen LogP contribution in [0.3, 0.4) is 0 Å². The summed E-state index contributed by atoms with van der Waals surface area (Å²) >= 11 is 0. The average Bonchev–Trinajstić information content (AvgIpc) is 3.57. The molecule has 0 spiro atoms. The van der Waals surface area contributed by atoms with Crippen molar-refractivity contribution >= 4 is 54.6 Å². The fourth-order valence-electron chi connectivity index (χ4n) is 6.86. The Morgan fingerprint density at radius 2 is 0.977 bits per heavy atom. The van der Waals surface area contributed by atoms with Gasteiger partial charge in [-0.1, -0.05) is 91.0 Å². The summed E-state index contributed by atoms with van der Waals surface area (Å²) in [4.78, 5) is 20.8. The third-order valence-electron chi connectivity index (χ3n) is 8.69. The predicted molar refractivity (Wildman–Crippen MR) is 174 cm³/mol. The topological polar surface area (TPSA) is 56.5 Å². The predicted octanol–water partition coefficient (Wildman–Crippen LogP) is 9.14. The first-order chi connectivity index (χ1) is 21.3. The molecule has 0 unspecified atom stereocenters. The largest absolute Gasteiger partial charge is 0.292 e. The van der Waals surface area contributed by atoms with E-state index in [0.29, 0.717) is 0 Å². The standard InChI is InChI=1S/C38H21N5/c1-2-11-22(12-3-1)35-38(42-30-19-8-7-18-29(30)39-35)43-31-20-9-4-13-23(31)34-24-14-10-15-25-33(24)26(21-32(34)43)37-36(25)40-27-16-5-6-17-28(27)41-37/h1-21H. The third kappa shape index (κ3) is 3.05. The van der Waals surface area contributed by atoms with Gasteiger partial charge in [0, 0.05) is 32.8 Å². The first-order valence-corrected chi connectivity index (χ1v) is 14.4. The highest BCUT2D eigenvalue weighted by atomic mass is 15.1. The Balaban J connectivity index is 1.40. The molecule has 10 rings (SSSR count). The molecule has 0 fully saturated rings. The van der Waals surface area contributed by atoms with E-state index >= 15 is 0 Å². The SMILES string of the molecule is c1ccc(-c2nc3ccccc3nc2-n2c3ccccc3c3c4cccc5c4c(cc32)-c2nc3ccccc3nc2-5)cc1. The van der Waals surface area contributed by atoms with Crippen LogP contribution in [0.2, 0.25) is 0 Å². The van der Waals surface area contributed by atoms with E-state index < -0.39 is 0 Å². The van der Waals surface area contributed by atoms with E-state index in [-0.39, 0.29) is 0 Å². The van der Waals surface area contributed by atoms with Gasteiger partial charge in [0.2, 0.25) is 0 Å². The summed E-state index contributed by atoms with van der Waals surface area (Å²) in [7, 11) is 0. The van der Waals surface area contributed by atoms with Crippen molar-refractivity contribution in [2.75, 3.05) is 0 Å². The quantitative estimate of drug-likeness (QED) is 0.217. The summed E-state index contributed by atoms with van der Waals surface area (Å²) in [6.45, 7) is 0. The molecule has 0 saturated carbocycles. The lowest BCUT2D eigenvalue weighted by atomic mass is 9.99. The van der Waals surface area contributed by atoms with Gasteiger partial charge in [-0.15, -0.1) is 0 Å². The minimum Gasteiger partial charge on any atom is -0.292 e. The molecule has 0 atom stereocenters. The molecule has 5 heteroatoms. The fourth-order valence-corrected chi connectivity index (χ4v) is 6.86. The summed E-state index contributed by atoms with van der Waals surface area (Å²) in [6, 6.07) is 44.0. The maximum absolute atomic E-state index is 5.30. The molecule has 0 radical (unpaired) electrons. The van der Waals surface area contributed by atoms with Crippen molar-refractivity contribution in [2.45, 2.75) is 0 Å². The number of para-hydroxylation sites is 5. The Morgan fingerprint density at radius 3 is 1.72 bits per heavy atom. The summed E-state index contributed by atoms with van der Waals surface area (Å²) in [5.74, 6) is 0.807. The second kappa shape index (κ2) is 8.30. The minimum absolute atomic E-state index is 0.807. The molecule has 0 aliphatic heterocycles. The van der Waals surface area contributed by atoms with Crippen LogP contribution in [0.25, 0.3) is 94.2 Å². The van der Waals surface area contributed by atoms with E-state index in [9.17, 15) is 0 Å². The third-order valence-corrected chi connectivity index (χ3v) is 8.69. The zero-order valence-electron chi connectivity index (χ0n) is 22.9. The monoisotopic (exact) mass is 547 g/mol. The molecule has 6 aromatic carbocycles. The maximum atomic E-state index is 5.30. The molecular formula is C38H21N5. The molecule has 3 heterocycles. The Hall–Kier alpha value is -5.94. The van der Waals surface area contributed by atoms with Crippen LogP contribution < -0.4 is 0 Å². The smallest absolute Gasteiger partial charge is 0.165 e. The summed E-state index contributed by atoms with van der Waals surface area (Å²) in [6.07, 6.45) is 0. The van der Waals surface area contributed by atoms with E-state index in [1.165, 1.54) is 21.5 Å². The molecule has 0 saturated heterocycles. The van der Waals surface area contributed by atoms with E-state index in [0.717, 1.165) is 72.7 Å². The second-order valence-corrected chi connectivity index (χ2v) is 11.1. The number of nitrogens with zero attached hydrogens (tertiary/aromatic N) is 5. The van der Waals surface area contributed by atoms with Crippen molar-refractivity contribution in [1.82, 2.24) is 24.5 Å². The number of hydrogen-bond acceptors (Lipinski definition) is 4. The average molecular weight is 548 g/mol. The van der Waals surface area contributed by atoms with Gasteiger partial charge < -0.3 is 0 Å². The maximum Gasteiger partial charge on any atom is 0.165 e. The summed E-state index contributed by atoms with van der Waals surface area (Å²) in [5, 5.41) is 4.77. The highest BCUT2D eigenvalue weighted by Crippen LogP contribution is 2.50. The van der Waals surface area contributed by atoms with Crippen LogP contribution >= 0.6 is 0 Å². The van der Waals surface area contributed by atoms with E-state index in [1.807, 2.05) is 54.6 Å². The normalized spacial score (nSPS) is 12.2. The second-order valence-electron chi connectivity index (χ2n) is 11.1. The Labute approximate surface area is 245 Å². The van der Waals surface area contributed by atoms with Crippen molar-refractivity contribution in [3.63, 3.8) is 0 Å². The lowest BCUT2D eigenvalue weighted by Crippen LogP contribution is -2.03. The molecule has 9 aromatic rings. The van der Waals surface area contributed by atoms with Crippen molar-refractivity contribution in [1.29, 1.82) is 0 Å². The number of rotatable bonds is 2. The van der Waals surface area contributed by atoms with Gasteiger partial charge in [-0.3, -0.25) is 4.57 Å². The van der Waals surface area contributed by atoms with E-state index in [1.54, 1.807) is 0 Å². The molecule has 198 valence electrons. The lowest BCUT2D eigenvalue weighted by molar-refractivity contribution is 1.08. The van der Waals surface area contributed by atoms with Gasteiger partial charge >= 0.3 is 0 Å². The highest BCUT2D eigenvalue weighted by Gasteiger charge is 2.29. The van der Waals surface area contributed by atoms with Gasteiger partial charge in [-0.2, -0.15) is 0 Å². The molecule has 0 N–H and O–H groups in total.